The van der Waals surface area contributed by atoms with E-state index in [2.05, 4.69) is 5.32 Å². The van der Waals surface area contributed by atoms with Crippen molar-refractivity contribution in [3.63, 3.8) is 0 Å². The molecule has 0 saturated carbocycles. The minimum absolute atomic E-state index is 0.159. The SMILES string of the molecule is CCOC(=O)c1c(NC(=O)CN2C(=O)C(C)Oc3ccc(C)cc32)sc2c1CCCC2. The molecule has 164 valence electrons. The van der Waals surface area contributed by atoms with Crippen molar-refractivity contribution < 1.29 is 23.9 Å². The van der Waals surface area contributed by atoms with Crippen molar-refractivity contribution in [2.24, 2.45) is 0 Å². The van der Waals surface area contributed by atoms with Gasteiger partial charge in [0.15, 0.2) is 6.10 Å². The molecule has 31 heavy (non-hydrogen) atoms. The Morgan fingerprint density at radius 2 is 2.06 bits per heavy atom. The van der Waals surface area contributed by atoms with Gasteiger partial charge >= 0.3 is 5.97 Å². The number of hydrogen-bond acceptors (Lipinski definition) is 6. The van der Waals surface area contributed by atoms with Crippen molar-refractivity contribution in [1.82, 2.24) is 0 Å². The first kappa shape index (κ1) is 21.4. The van der Waals surface area contributed by atoms with E-state index in [-0.39, 0.29) is 25.0 Å². The molecule has 1 atom stereocenters. The summed E-state index contributed by atoms with van der Waals surface area (Å²) >= 11 is 1.43. The highest BCUT2D eigenvalue weighted by molar-refractivity contribution is 7.17. The van der Waals surface area contributed by atoms with Gasteiger partial charge in [0, 0.05) is 4.88 Å². The summed E-state index contributed by atoms with van der Waals surface area (Å²) in [6, 6.07) is 5.55. The van der Waals surface area contributed by atoms with Crippen LogP contribution in [0.5, 0.6) is 5.75 Å². The third-order valence-corrected chi connectivity index (χ3v) is 6.74. The molecule has 0 saturated heterocycles. The molecule has 1 aromatic carbocycles. The van der Waals surface area contributed by atoms with E-state index in [1.54, 1.807) is 13.8 Å². The largest absolute Gasteiger partial charge is 0.479 e. The lowest BCUT2D eigenvalue weighted by Crippen LogP contribution is -2.47. The summed E-state index contributed by atoms with van der Waals surface area (Å²) in [6.45, 7) is 5.46. The molecule has 2 heterocycles. The number of ether oxygens (including phenoxy) is 2. The van der Waals surface area contributed by atoms with Crippen molar-refractivity contribution in [3.8, 4) is 5.75 Å². The van der Waals surface area contributed by atoms with Crippen LogP contribution in [0.3, 0.4) is 0 Å². The third kappa shape index (κ3) is 4.17. The number of aryl methyl sites for hydroxylation is 2. The lowest BCUT2D eigenvalue weighted by Gasteiger charge is -2.32. The first-order chi connectivity index (χ1) is 14.9. The molecule has 2 aromatic rings. The fraction of sp³-hybridized carbons (Fsp3) is 0.435. The van der Waals surface area contributed by atoms with Gasteiger partial charge in [-0.3, -0.25) is 14.5 Å². The van der Waals surface area contributed by atoms with Gasteiger partial charge in [-0.1, -0.05) is 6.07 Å². The van der Waals surface area contributed by atoms with E-state index in [4.69, 9.17) is 9.47 Å². The van der Waals surface area contributed by atoms with Crippen LogP contribution in [-0.2, 0) is 27.2 Å². The number of carbonyl (C=O) groups excluding carboxylic acids is 3. The molecular formula is C23H26N2O5S. The van der Waals surface area contributed by atoms with Crippen LogP contribution in [0.25, 0.3) is 0 Å². The smallest absolute Gasteiger partial charge is 0.341 e. The minimum Gasteiger partial charge on any atom is -0.479 e. The van der Waals surface area contributed by atoms with Crippen molar-refractivity contribution in [3.05, 3.63) is 39.8 Å². The maximum absolute atomic E-state index is 13.0. The molecule has 0 spiro atoms. The summed E-state index contributed by atoms with van der Waals surface area (Å²) in [5, 5.41) is 3.39. The van der Waals surface area contributed by atoms with E-state index in [0.29, 0.717) is 22.0 Å². The Morgan fingerprint density at radius 3 is 2.84 bits per heavy atom. The minimum atomic E-state index is -0.674. The lowest BCUT2D eigenvalue weighted by molar-refractivity contribution is -0.127. The summed E-state index contributed by atoms with van der Waals surface area (Å²) in [5.74, 6) is -0.470. The molecule has 1 aliphatic carbocycles. The normalized spacial score (nSPS) is 17.5. The van der Waals surface area contributed by atoms with Crippen LogP contribution in [0.1, 0.15) is 53.1 Å². The van der Waals surface area contributed by atoms with Crippen LogP contribution in [0.15, 0.2) is 18.2 Å². The number of carbonyl (C=O) groups is 3. The van der Waals surface area contributed by atoms with Gasteiger partial charge in [0.2, 0.25) is 5.91 Å². The van der Waals surface area contributed by atoms with Crippen molar-refractivity contribution in [2.75, 3.05) is 23.4 Å². The number of anilines is 2. The predicted octanol–water partition coefficient (Wildman–Crippen LogP) is 3.86. The van der Waals surface area contributed by atoms with E-state index >= 15 is 0 Å². The summed E-state index contributed by atoms with van der Waals surface area (Å²) in [6.07, 6.45) is 3.11. The standard InChI is InChI=1S/C23H26N2O5S/c1-4-29-23(28)20-15-7-5-6-8-18(15)31-21(20)24-19(26)12-25-16-11-13(2)9-10-17(16)30-14(3)22(25)27/h9-11,14H,4-8,12H2,1-3H3,(H,24,26). The fourth-order valence-electron chi connectivity index (χ4n) is 4.06. The molecule has 1 aromatic heterocycles. The van der Waals surface area contributed by atoms with Crippen molar-refractivity contribution in [2.45, 2.75) is 52.6 Å². The van der Waals surface area contributed by atoms with E-state index < -0.39 is 12.1 Å². The quantitative estimate of drug-likeness (QED) is 0.711. The Balaban J connectivity index is 1.60. The van der Waals surface area contributed by atoms with Crippen LogP contribution >= 0.6 is 11.3 Å². The number of nitrogens with zero attached hydrogens (tertiary/aromatic N) is 1. The van der Waals surface area contributed by atoms with Crippen LogP contribution < -0.4 is 15.0 Å². The van der Waals surface area contributed by atoms with Gasteiger partial charge in [-0.15, -0.1) is 11.3 Å². The second kappa shape index (κ2) is 8.70. The Labute approximate surface area is 185 Å². The molecule has 0 bridgehead atoms. The van der Waals surface area contributed by atoms with Gasteiger partial charge < -0.3 is 14.8 Å². The Morgan fingerprint density at radius 1 is 1.29 bits per heavy atom. The highest BCUT2D eigenvalue weighted by atomic mass is 32.1. The van der Waals surface area contributed by atoms with Gasteiger partial charge in [-0.05, 0) is 69.7 Å². The van der Waals surface area contributed by atoms with Gasteiger partial charge in [0.1, 0.15) is 17.3 Å². The third-order valence-electron chi connectivity index (χ3n) is 5.53. The summed E-state index contributed by atoms with van der Waals surface area (Å²) in [5.41, 5.74) is 3.00. The fourth-order valence-corrected chi connectivity index (χ4v) is 5.36. The van der Waals surface area contributed by atoms with E-state index in [0.717, 1.165) is 41.7 Å². The predicted molar refractivity (Wildman–Crippen MR) is 119 cm³/mol. The van der Waals surface area contributed by atoms with Crippen molar-refractivity contribution in [1.29, 1.82) is 0 Å². The number of benzene rings is 1. The molecule has 1 unspecified atom stereocenters. The van der Waals surface area contributed by atoms with Crippen LogP contribution in [0.4, 0.5) is 10.7 Å². The maximum atomic E-state index is 13.0. The first-order valence-corrected chi connectivity index (χ1v) is 11.4. The number of amides is 2. The first-order valence-electron chi connectivity index (χ1n) is 10.6. The van der Waals surface area contributed by atoms with Crippen molar-refractivity contribution >= 4 is 39.8 Å². The molecule has 7 nitrogen and oxygen atoms in total. The highest BCUT2D eigenvalue weighted by Crippen LogP contribution is 2.39. The zero-order chi connectivity index (χ0) is 22.1. The van der Waals surface area contributed by atoms with Gasteiger partial charge in [0.25, 0.3) is 5.91 Å². The van der Waals surface area contributed by atoms with Gasteiger partial charge in [-0.2, -0.15) is 0 Å². The Hall–Kier alpha value is -2.87. The summed E-state index contributed by atoms with van der Waals surface area (Å²) < 4.78 is 10.9. The second-order valence-corrected chi connectivity index (χ2v) is 8.94. The van der Waals surface area contributed by atoms with E-state index in [9.17, 15) is 14.4 Å². The highest BCUT2D eigenvalue weighted by Gasteiger charge is 2.34. The van der Waals surface area contributed by atoms with E-state index in [1.807, 2.05) is 25.1 Å². The molecule has 1 N–H and O–H groups in total. The zero-order valence-electron chi connectivity index (χ0n) is 17.9. The average Bonchev–Trinajstić information content (AvgIpc) is 3.10. The van der Waals surface area contributed by atoms with E-state index in [1.165, 1.54) is 16.2 Å². The monoisotopic (exact) mass is 442 g/mol. The molecule has 4 rings (SSSR count). The van der Waals surface area contributed by atoms with Gasteiger partial charge in [-0.25, -0.2) is 4.79 Å². The van der Waals surface area contributed by atoms with Gasteiger partial charge in [0.05, 0.1) is 17.9 Å². The van der Waals surface area contributed by atoms with Crippen LogP contribution in [0, 0.1) is 6.92 Å². The Kier molecular flexibility index (Phi) is 6.00. The molecule has 0 fully saturated rings. The number of nitrogens with one attached hydrogen (secondary N) is 1. The second-order valence-electron chi connectivity index (χ2n) is 7.84. The van der Waals surface area contributed by atoms with Crippen LogP contribution in [0.2, 0.25) is 0 Å². The number of hydrogen-bond donors (Lipinski definition) is 1. The lowest BCUT2D eigenvalue weighted by atomic mass is 9.95. The average molecular weight is 443 g/mol. The maximum Gasteiger partial charge on any atom is 0.341 e. The van der Waals surface area contributed by atoms with Crippen LogP contribution in [-0.4, -0.2) is 37.0 Å². The molecule has 2 aliphatic rings. The molecule has 0 radical (unpaired) electrons. The topological polar surface area (TPSA) is 84.9 Å². The number of rotatable bonds is 5. The molecule has 2 amide bonds. The summed E-state index contributed by atoms with van der Waals surface area (Å²) in [7, 11) is 0. The number of esters is 1. The summed E-state index contributed by atoms with van der Waals surface area (Å²) in [4.78, 5) is 40.9. The molecular weight excluding hydrogens is 416 g/mol. The Bertz CT molecular complexity index is 1040. The molecule has 8 heteroatoms. The zero-order valence-corrected chi connectivity index (χ0v) is 18.8. The number of thiophene rings is 1. The number of fused-ring (bicyclic) bond motifs is 2. The molecule has 1 aliphatic heterocycles.